The lowest BCUT2D eigenvalue weighted by molar-refractivity contribution is -0.151. The molecule has 0 aliphatic carbocycles. The summed E-state index contributed by atoms with van der Waals surface area (Å²) < 4.78 is 55.4. The Kier molecular flexibility index (Phi) is 2.82. The van der Waals surface area contributed by atoms with E-state index < -0.39 is 56.2 Å². The van der Waals surface area contributed by atoms with Gasteiger partial charge in [0.25, 0.3) is 5.91 Å². The first-order valence-electron chi connectivity index (χ1n) is 10.3. The van der Waals surface area contributed by atoms with Crippen LogP contribution >= 0.6 is 11.6 Å². The van der Waals surface area contributed by atoms with Gasteiger partial charge in [-0.1, -0.05) is 11.6 Å². The van der Waals surface area contributed by atoms with Crippen molar-refractivity contribution < 1.29 is 36.9 Å². The number of carboxylic acid groups (broad SMARTS) is 1. The van der Waals surface area contributed by atoms with E-state index in [1.165, 1.54) is 18.2 Å². The predicted molar refractivity (Wildman–Crippen MR) is 92.5 cm³/mol. The van der Waals surface area contributed by atoms with Crippen LogP contribution in [0.15, 0.2) is 22.6 Å². The fraction of sp³-hybridized carbons (Fsp3) is 0.353. The minimum absolute atomic E-state index is 0.0987. The molecule has 0 saturated carbocycles. The van der Waals surface area contributed by atoms with Crippen LogP contribution in [0.25, 0.3) is 11.0 Å². The third-order valence-corrected chi connectivity index (χ3v) is 4.38. The lowest BCUT2D eigenvalue weighted by atomic mass is 10.0. The van der Waals surface area contributed by atoms with Crippen molar-refractivity contribution in [2.75, 3.05) is 27.1 Å². The molecule has 2 aromatic rings. The molecule has 2 amide bonds. The van der Waals surface area contributed by atoms with Gasteiger partial charge in [0.05, 0.1) is 5.39 Å². The minimum Gasteiger partial charge on any atom is -0.486 e. The summed E-state index contributed by atoms with van der Waals surface area (Å²) in [5.41, 5.74) is -1.96. The molecule has 2 heterocycles. The average molecular weight is 387 g/mol. The molecular weight excluding hydrogens is 364 g/mol. The number of carboxylic acids is 1. The number of likely N-dealkylation sites (N-methyl/N-ethyl adjacent to an activating group) is 1. The van der Waals surface area contributed by atoms with Crippen LogP contribution in [0.5, 0.6) is 5.75 Å². The predicted octanol–water partition coefficient (Wildman–Crippen LogP) is 1.85. The summed E-state index contributed by atoms with van der Waals surface area (Å²) in [6, 6.07) is 4.39. The van der Waals surface area contributed by atoms with Crippen molar-refractivity contribution in [1.29, 1.82) is 0 Å². The number of benzene rings is 1. The number of furan rings is 1. The van der Waals surface area contributed by atoms with Gasteiger partial charge in [0.15, 0.2) is 11.3 Å². The van der Waals surface area contributed by atoms with Gasteiger partial charge in [0.2, 0.25) is 11.7 Å². The van der Waals surface area contributed by atoms with E-state index in [1.54, 1.807) is 0 Å². The molecule has 1 aliphatic heterocycles. The number of hydrogen-bond donors (Lipinski definition) is 1. The Bertz CT molecular complexity index is 1100. The molecule has 0 spiro atoms. The van der Waals surface area contributed by atoms with E-state index in [2.05, 4.69) is 0 Å². The normalized spacial score (nSPS) is 24.1. The van der Waals surface area contributed by atoms with E-state index in [1.807, 2.05) is 0 Å². The summed E-state index contributed by atoms with van der Waals surface area (Å²) in [6.07, 6.45) is 0. The second kappa shape index (κ2) is 6.21. The van der Waals surface area contributed by atoms with Crippen LogP contribution < -0.4 is 4.74 Å². The van der Waals surface area contributed by atoms with Crippen molar-refractivity contribution >= 4 is 40.4 Å². The van der Waals surface area contributed by atoms with Crippen LogP contribution in [0.4, 0.5) is 0 Å². The van der Waals surface area contributed by atoms with Crippen molar-refractivity contribution in [3.63, 3.8) is 0 Å². The van der Waals surface area contributed by atoms with Crippen LogP contribution in [-0.4, -0.2) is 65.3 Å². The monoisotopic (exact) mass is 386 g/mol. The Morgan fingerprint density at radius 1 is 1.46 bits per heavy atom. The summed E-state index contributed by atoms with van der Waals surface area (Å²) in [5, 5.41) is 10.4. The van der Waals surface area contributed by atoms with Gasteiger partial charge in [-0.25, -0.2) is 4.79 Å². The van der Waals surface area contributed by atoms with Crippen molar-refractivity contribution in [3.05, 3.63) is 29.0 Å². The van der Waals surface area contributed by atoms with Crippen molar-refractivity contribution in [2.45, 2.75) is 12.5 Å². The number of fused-ring (bicyclic) bond motifs is 3. The third kappa shape index (κ3) is 2.76. The highest BCUT2D eigenvalue weighted by atomic mass is 35.5. The molecule has 0 saturated heterocycles. The smallest absolute Gasteiger partial charge is 0.332 e. The molecule has 1 aliphatic rings. The Morgan fingerprint density at radius 2 is 2.19 bits per heavy atom. The highest BCUT2D eigenvalue weighted by Crippen LogP contribution is 2.39. The summed E-state index contributed by atoms with van der Waals surface area (Å²) in [7, 11) is 0. The first-order chi connectivity index (χ1) is 14.6. The third-order valence-electron chi connectivity index (χ3n) is 4.14. The molecule has 0 radical (unpaired) electrons. The Hall–Kier alpha value is -2.74. The van der Waals surface area contributed by atoms with Gasteiger partial charge in [0, 0.05) is 27.2 Å². The maximum Gasteiger partial charge on any atom is 0.332 e. The molecule has 0 unspecified atom stereocenters. The zero-order valence-corrected chi connectivity index (χ0v) is 14.2. The number of halogens is 1. The topological polar surface area (TPSA) is 100 Å². The lowest BCUT2D eigenvalue weighted by Crippen LogP contribution is -2.59. The van der Waals surface area contributed by atoms with Crippen LogP contribution in [-0.2, 0) is 9.59 Å². The van der Waals surface area contributed by atoms with Crippen LogP contribution in [0, 0.1) is 0 Å². The van der Waals surface area contributed by atoms with E-state index >= 15 is 0 Å². The van der Waals surface area contributed by atoms with Crippen LogP contribution in [0.2, 0.25) is 5.02 Å². The Balaban J connectivity index is 2.11. The highest BCUT2D eigenvalue weighted by molar-refractivity contribution is 6.31. The van der Waals surface area contributed by atoms with E-state index in [-0.39, 0.29) is 21.6 Å². The van der Waals surface area contributed by atoms with Crippen LogP contribution in [0.1, 0.15) is 25.7 Å². The zero-order valence-electron chi connectivity index (χ0n) is 19.4. The fourth-order valence-corrected chi connectivity index (χ4v) is 2.77. The summed E-state index contributed by atoms with van der Waals surface area (Å²) in [6.45, 7) is -7.46. The lowest BCUT2D eigenvalue weighted by Gasteiger charge is -2.35. The second-order valence-corrected chi connectivity index (χ2v) is 6.33. The van der Waals surface area contributed by atoms with Gasteiger partial charge in [-0.05, 0) is 25.1 Å². The Labute approximate surface area is 162 Å². The first-order valence-corrected chi connectivity index (χ1v) is 7.68. The molecule has 26 heavy (non-hydrogen) atoms. The number of carbonyl (C=O) groups excluding carboxylic acids is 2. The molecule has 1 N–H and O–H groups in total. The van der Waals surface area contributed by atoms with E-state index in [9.17, 15) is 19.5 Å². The maximum atomic E-state index is 13.3. The number of hydrogen-bond acceptors (Lipinski definition) is 5. The molecule has 8 nitrogen and oxygen atoms in total. The second-order valence-electron chi connectivity index (χ2n) is 5.89. The van der Waals surface area contributed by atoms with Crippen LogP contribution in [0.3, 0.4) is 0 Å². The molecular formula is C17H17ClN2O6. The molecule has 1 aromatic heterocycles. The van der Waals surface area contributed by atoms with Crippen molar-refractivity contribution in [2.24, 2.45) is 0 Å². The molecule has 1 aromatic carbocycles. The standard InChI is InChI=1S/C17H17ClN2O6/c1-17(16(23)24)8-25-13-10-6-9(18)4-5-11(10)26-14(13)15(22)20(17)7-12(21)19(2)3/h4-6H,7-8H2,1-3H3,(H,23,24)/t17-/m1/s1/i2D3,3D3. The summed E-state index contributed by atoms with van der Waals surface area (Å²) in [4.78, 5) is 38.2. The van der Waals surface area contributed by atoms with Gasteiger partial charge in [0.1, 0.15) is 18.7 Å². The first kappa shape index (κ1) is 11.8. The SMILES string of the molecule is [2H]C([2H])([2H])N(C(=O)CN1C(=O)c2oc3ccc(Cl)cc3c2OC[C@]1(C)C(=O)O)C([2H])([2H])[2H]. The maximum absolute atomic E-state index is 13.3. The molecule has 9 heteroatoms. The van der Waals surface area contributed by atoms with Gasteiger partial charge in [-0.15, -0.1) is 0 Å². The largest absolute Gasteiger partial charge is 0.486 e. The number of carbonyl (C=O) groups is 3. The van der Waals surface area contributed by atoms with E-state index in [4.69, 9.17) is 29.0 Å². The molecule has 138 valence electrons. The number of aliphatic carboxylic acids is 1. The van der Waals surface area contributed by atoms with Gasteiger partial charge >= 0.3 is 5.97 Å². The highest BCUT2D eigenvalue weighted by Gasteiger charge is 2.49. The molecule has 0 bridgehead atoms. The van der Waals surface area contributed by atoms with Crippen molar-refractivity contribution in [3.8, 4) is 5.75 Å². The molecule has 0 fully saturated rings. The summed E-state index contributed by atoms with van der Waals surface area (Å²) in [5.74, 6) is -4.71. The average Bonchev–Trinajstić information content (AvgIpc) is 2.94. The number of amides is 2. The zero-order chi connectivity index (χ0) is 24.2. The van der Waals surface area contributed by atoms with Crippen molar-refractivity contribution in [1.82, 2.24) is 9.80 Å². The fourth-order valence-electron chi connectivity index (χ4n) is 2.60. The molecule has 1 atom stereocenters. The van der Waals surface area contributed by atoms with E-state index in [0.29, 0.717) is 9.92 Å². The van der Waals surface area contributed by atoms with Gasteiger partial charge in [-0.2, -0.15) is 0 Å². The minimum atomic E-state index is -3.37. The molecule has 3 rings (SSSR count). The number of rotatable bonds is 3. The van der Waals surface area contributed by atoms with Gasteiger partial charge < -0.3 is 24.1 Å². The quantitative estimate of drug-likeness (QED) is 0.864. The van der Waals surface area contributed by atoms with Gasteiger partial charge in [-0.3, -0.25) is 9.59 Å². The van der Waals surface area contributed by atoms with E-state index in [0.717, 1.165) is 6.92 Å². The number of nitrogens with zero attached hydrogens (tertiary/aromatic N) is 2. The summed E-state index contributed by atoms with van der Waals surface area (Å²) >= 11 is 5.98. The number of ether oxygens (including phenoxy) is 1. The Morgan fingerprint density at radius 3 is 2.85 bits per heavy atom.